The summed E-state index contributed by atoms with van der Waals surface area (Å²) >= 11 is 5.64. The van der Waals surface area contributed by atoms with Crippen LogP contribution in [0.1, 0.15) is 17.2 Å². The van der Waals surface area contributed by atoms with Crippen molar-refractivity contribution in [1.29, 1.82) is 0 Å². The van der Waals surface area contributed by atoms with Crippen LogP contribution in [0, 0.1) is 0 Å². The first-order valence-corrected chi connectivity index (χ1v) is 8.91. The number of nitrogens with two attached hydrogens (primary N) is 1. The zero-order chi connectivity index (χ0) is 22.5. The molecule has 0 radical (unpaired) electrons. The highest BCUT2D eigenvalue weighted by Crippen LogP contribution is 2.32. The molecular formula is C19H19Cl2F3N2O5. The van der Waals surface area contributed by atoms with Gasteiger partial charge in [-0.05, 0) is 29.7 Å². The molecule has 0 unspecified atom stereocenters. The van der Waals surface area contributed by atoms with E-state index >= 15 is 0 Å². The number of carbonyl (C=O) groups excluding carboxylic acids is 1. The highest BCUT2D eigenvalue weighted by Gasteiger charge is 2.33. The molecule has 0 aliphatic rings. The van der Waals surface area contributed by atoms with Crippen LogP contribution in [-0.4, -0.2) is 40.6 Å². The summed E-state index contributed by atoms with van der Waals surface area (Å²) in [5.74, 6) is -3.50. The summed E-state index contributed by atoms with van der Waals surface area (Å²) in [6.07, 6.45) is -6.67. The number of aliphatic carboxylic acids is 1. The number of carboxylic acid groups (broad SMARTS) is 1. The van der Waals surface area contributed by atoms with Crippen molar-refractivity contribution in [2.45, 2.75) is 31.0 Å². The zero-order valence-electron chi connectivity index (χ0n) is 15.7. The van der Waals surface area contributed by atoms with Gasteiger partial charge in [0.25, 0.3) is 5.91 Å². The van der Waals surface area contributed by atoms with Crippen molar-refractivity contribution in [3.63, 3.8) is 0 Å². The Balaban J connectivity index is 0.00000480. The maximum absolute atomic E-state index is 12.5. The molecule has 1 amide bonds. The number of ether oxygens (including phenoxy) is 1. The molecule has 2 rings (SSSR count). The Hall–Kier alpha value is -2.53. The summed E-state index contributed by atoms with van der Waals surface area (Å²) < 4.78 is 41.2. The molecule has 0 aliphatic heterocycles. The first-order valence-electron chi connectivity index (χ1n) is 8.54. The number of benzene rings is 2. The summed E-state index contributed by atoms with van der Waals surface area (Å²) in [5.41, 5.74) is 6.33. The van der Waals surface area contributed by atoms with Gasteiger partial charge in [-0.25, -0.2) is 4.79 Å². The Morgan fingerprint density at radius 2 is 1.77 bits per heavy atom. The lowest BCUT2D eigenvalue weighted by Gasteiger charge is -2.22. The van der Waals surface area contributed by atoms with Crippen molar-refractivity contribution >= 4 is 35.9 Å². The molecular weight excluding hydrogens is 464 g/mol. The van der Waals surface area contributed by atoms with Gasteiger partial charge in [0, 0.05) is 6.04 Å². The number of aliphatic hydroxyl groups excluding tert-OH is 1. The SMILES string of the molecule is Cl.N[C@H](Cc1ccccc1)[C@H](O)C(=O)N[C@H](C(=O)O)c1ccc(Cl)c(OC(F)(F)F)c1. The van der Waals surface area contributed by atoms with Crippen LogP contribution >= 0.6 is 24.0 Å². The van der Waals surface area contributed by atoms with Crippen LogP contribution in [-0.2, 0) is 16.0 Å². The quantitative estimate of drug-likeness (QED) is 0.458. The molecule has 2 aromatic rings. The van der Waals surface area contributed by atoms with Crippen LogP contribution in [0.15, 0.2) is 48.5 Å². The maximum atomic E-state index is 12.5. The second-order valence-electron chi connectivity index (χ2n) is 6.32. The molecule has 0 aliphatic carbocycles. The van der Waals surface area contributed by atoms with Gasteiger partial charge in [-0.3, -0.25) is 4.79 Å². The molecule has 0 saturated carbocycles. The summed E-state index contributed by atoms with van der Waals surface area (Å²) in [6.45, 7) is 0. The molecule has 2 aromatic carbocycles. The molecule has 0 heterocycles. The number of alkyl halides is 3. The highest BCUT2D eigenvalue weighted by atomic mass is 35.5. The number of carbonyl (C=O) groups is 2. The fraction of sp³-hybridized carbons (Fsp3) is 0.263. The third-order valence-electron chi connectivity index (χ3n) is 4.04. The van der Waals surface area contributed by atoms with Crippen LogP contribution < -0.4 is 15.8 Å². The minimum Gasteiger partial charge on any atom is -0.479 e. The van der Waals surface area contributed by atoms with E-state index in [4.69, 9.17) is 17.3 Å². The van der Waals surface area contributed by atoms with Gasteiger partial charge < -0.3 is 26.0 Å². The highest BCUT2D eigenvalue weighted by molar-refractivity contribution is 6.32. The van der Waals surface area contributed by atoms with E-state index < -0.39 is 47.2 Å². The third kappa shape index (κ3) is 7.91. The number of nitrogens with one attached hydrogen (secondary N) is 1. The lowest BCUT2D eigenvalue weighted by Crippen LogP contribution is -2.49. The lowest BCUT2D eigenvalue weighted by molar-refractivity contribution is -0.274. The van der Waals surface area contributed by atoms with E-state index in [0.29, 0.717) is 0 Å². The topological polar surface area (TPSA) is 122 Å². The number of aliphatic hydroxyl groups is 1. The molecule has 170 valence electrons. The van der Waals surface area contributed by atoms with Gasteiger partial charge in [-0.15, -0.1) is 25.6 Å². The average molecular weight is 483 g/mol. The van der Waals surface area contributed by atoms with E-state index in [1.165, 1.54) is 0 Å². The fourth-order valence-corrected chi connectivity index (χ4v) is 2.77. The number of carboxylic acids is 1. The zero-order valence-corrected chi connectivity index (χ0v) is 17.2. The lowest BCUT2D eigenvalue weighted by atomic mass is 10.0. The van der Waals surface area contributed by atoms with Crippen molar-refractivity contribution in [3.8, 4) is 5.75 Å². The first-order chi connectivity index (χ1) is 14.0. The predicted octanol–water partition coefficient (Wildman–Crippen LogP) is 2.83. The van der Waals surface area contributed by atoms with Crippen molar-refractivity contribution in [2.75, 3.05) is 0 Å². The molecule has 0 bridgehead atoms. The van der Waals surface area contributed by atoms with Crippen LogP contribution in [0.25, 0.3) is 0 Å². The first kappa shape index (κ1) is 26.5. The van der Waals surface area contributed by atoms with Crippen LogP contribution in [0.4, 0.5) is 13.2 Å². The second-order valence-corrected chi connectivity index (χ2v) is 6.72. The Labute approximate surface area is 186 Å². The minimum atomic E-state index is -5.05. The Morgan fingerprint density at radius 1 is 1.16 bits per heavy atom. The Morgan fingerprint density at radius 3 is 2.32 bits per heavy atom. The monoisotopic (exact) mass is 482 g/mol. The number of hydrogen-bond acceptors (Lipinski definition) is 5. The molecule has 5 N–H and O–H groups in total. The van der Waals surface area contributed by atoms with Gasteiger partial charge in [0.1, 0.15) is 11.9 Å². The molecule has 0 fully saturated rings. The summed E-state index contributed by atoms with van der Waals surface area (Å²) in [6, 6.07) is 8.77. The van der Waals surface area contributed by atoms with Crippen molar-refractivity contribution in [1.82, 2.24) is 5.32 Å². The fourth-order valence-electron chi connectivity index (χ4n) is 2.61. The van der Waals surface area contributed by atoms with Crippen molar-refractivity contribution in [3.05, 3.63) is 64.7 Å². The second kappa shape index (κ2) is 11.2. The number of amides is 1. The minimum absolute atomic E-state index is 0. The summed E-state index contributed by atoms with van der Waals surface area (Å²) in [4.78, 5) is 23.9. The smallest absolute Gasteiger partial charge is 0.479 e. The van der Waals surface area contributed by atoms with Gasteiger partial charge in [-0.2, -0.15) is 0 Å². The van der Waals surface area contributed by atoms with Gasteiger partial charge in [0.2, 0.25) is 0 Å². The number of rotatable bonds is 8. The summed E-state index contributed by atoms with van der Waals surface area (Å²) in [5, 5.41) is 21.2. The van der Waals surface area contributed by atoms with Crippen molar-refractivity contribution < 1.29 is 37.7 Å². The largest absolute Gasteiger partial charge is 0.573 e. The molecule has 0 aromatic heterocycles. The van der Waals surface area contributed by atoms with Crippen LogP contribution in [0.3, 0.4) is 0 Å². The molecule has 0 spiro atoms. The standard InChI is InChI=1S/C19H18ClF3N2O5.ClH/c20-12-7-6-11(9-14(12)30-19(21,22)23)15(18(28)29)25-17(27)16(26)13(24)8-10-4-2-1-3-5-10;/h1-7,9,13,15-16,26H,8,24H2,(H,25,27)(H,28,29);1H/t13-,15+,16+;/m1./s1. The van der Waals surface area contributed by atoms with Gasteiger partial charge in [-0.1, -0.05) is 48.0 Å². The molecule has 0 saturated heterocycles. The predicted molar refractivity (Wildman–Crippen MR) is 108 cm³/mol. The van der Waals surface area contributed by atoms with E-state index in [-0.39, 0.29) is 24.4 Å². The van der Waals surface area contributed by atoms with Crippen molar-refractivity contribution in [2.24, 2.45) is 5.73 Å². The van der Waals surface area contributed by atoms with Gasteiger partial charge >= 0.3 is 12.3 Å². The Bertz CT molecular complexity index is 900. The van der Waals surface area contributed by atoms with Gasteiger partial charge in [0.05, 0.1) is 5.02 Å². The summed E-state index contributed by atoms with van der Waals surface area (Å²) in [7, 11) is 0. The van der Waals surface area contributed by atoms with Gasteiger partial charge in [0.15, 0.2) is 6.04 Å². The molecule has 3 atom stereocenters. The number of halogens is 5. The van der Waals surface area contributed by atoms with E-state index in [1.807, 2.05) is 0 Å². The number of hydrogen-bond donors (Lipinski definition) is 4. The third-order valence-corrected chi connectivity index (χ3v) is 4.35. The van der Waals surface area contributed by atoms with E-state index in [0.717, 1.165) is 23.8 Å². The van der Waals surface area contributed by atoms with Crippen LogP contribution in [0.5, 0.6) is 5.75 Å². The maximum Gasteiger partial charge on any atom is 0.573 e. The van der Waals surface area contributed by atoms with Crippen LogP contribution in [0.2, 0.25) is 5.02 Å². The molecule has 31 heavy (non-hydrogen) atoms. The average Bonchev–Trinajstić information content (AvgIpc) is 2.66. The normalized spacial score (nSPS) is 14.0. The molecule has 12 heteroatoms. The van der Waals surface area contributed by atoms with E-state index in [2.05, 4.69) is 10.1 Å². The van der Waals surface area contributed by atoms with E-state index in [9.17, 15) is 33.0 Å². The Kier molecular flexibility index (Phi) is 9.57. The molecule has 7 nitrogen and oxygen atoms in total. The van der Waals surface area contributed by atoms with E-state index in [1.54, 1.807) is 30.3 Å².